The van der Waals surface area contributed by atoms with Crippen molar-refractivity contribution in [2.24, 2.45) is 0 Å². The third-order valence-electron chi connectivity index (χ3n) is 5.03. The molecule has 148 valence electrons. The van der Waals surface area contributed by atoms with Gasteiger partial charge in [-0.15, -0.1) is 0 Å². The predicted octanol–water partition coefficient (Wildman–Crippen LogP) is 5.63. The maximum Gasteiger partial charge on any atom is 0.204 e. The lowest BCUT2D eigenvalue weighted by Crippen LogP contribution is -2.20. The van der Waals surface area contributed by atoms with Gasteiger partial charge in [0.2, 0.25) is 9.84 Å². The van der Waals surface area contributed by atoms with Crippen LogP contribution in [-0.4, -0.2) is 19.9 Å². The third kappa shape index (κ3) is 5.59. The summed E-state index contributed by atoms with van der Waals surface area (Å²) in [6.07, 6.45) is 10.8. The van der Waals surface area contributed by atoms with E-state index in [9.17, 15) is 8.42 Å². The molecule has 3 rings (SSSR count). The number of aryl methyl sites for hydroxylation is 1. The van der Waals surface area contributed by atoms with Crippen molar-refractivity contribution in [1.82, 2.24) is 4.90 Å². The van der Waals surface area contributed by atoms with Crippen LogP contribution >= 0.6 is 0 Å². The lowest BCUT2D eigenvalue weighted by molar-refractivity contribution is 0.355. The van der Waals surface area contributed by atoms with Gasteiger partial charge in [-0.2, -0.15) is 0 Å². The van der Waals surface area contributed by atoms with E-state index in [0.29, 0.717) is 16.2 Å². The molecule has 0 N–H and O–H groups in total. The van der Waals surface area contributed by atoms with E-state index in [0.717, 1.165) is 44.3 Å². The number of hydrogen-bond acceptors (Lipinski definition) is 3. The SMILES string of the molecule is Cc1ccc(S(=O)(=O)/C2=C/N(Cc3ccccc3)CCCCC/C=C/C2)cc1. The summed E-state index contributed by atoms with van der Waals surface area (Å²) in [4.78, 5) is 2.99. The number of allylic oxidation sites excluding steroid dienone is 3. The summed E-state index contributed by atoms with van der Waals surface area (Å²) in [5.41, 5.74) is 2.25. The molecule has 0 radical (unpaired) electrons. The molecule has 1 heterocycles. The van der Waals surface area contributed by atoms with Crippen LogP contribution in [0.2, 0.25) is 0 Å². The highest BCUT2D eigenvalue weighted by Crippen LogP contribution is 2.25. The number of benzene rings is 2. The number of hydrogen-bond donors (Lipinski definition) is 0. The summed E-state index contributed by atoms with van der Waals surface area (Å²) in [5, 5.41) is 0. The number of nitrogens with zero attached hydrogens (tertiary/aromatic N) is 1. The fraction of sp³-hybridized carbons (Fsp3) is 0.333. The molecule has 3 nitrogen and oxygen atoms in total. The maximum atomic E-state index is 13.3. The largest absolute Gasteiger partial charge is 0.372 e. The van der Waals surface area contributed by atoms with E-state index < -0.39 is 9.84 Å². The van der Waals surface area contributed by atoms with E-state index in [1.54, 1.807) is 12.1 Å². The minimum atomic E-state index is -3.52. The Balaban J connectivity index is 1.95. The summed E-state index contributed by atoms with van der Waals surface area (Å²) in [7, 11) is -3.52. The second-order valence-electron chi connectivity index (χ2n) is 7.39. The summed E-state index contributed by atoms with van der Waals surface area (Å²) in [5.74, 6) is 0. The smallest absolute Gasteiger partial charge is 0.204 e. The van der Waals surface area contributed by atoms with Gasteiger partial charge in [0.15, 0.2) is 0 Å². The molecule has 0 fully saturated rings. The van der Waals surface area contributed by atoms with Crippen molar-refractivity contribution in [2.75, 3.05) is 6.54 Å². The van der Waals surface area contributed by atoms with Crippen LogP contribution in [0.3, 0.4) is 0 Å². The van der Waals surface area contributed by atoms with Crippen LogP contribution in [0.1, 0.15) is 43.2 Å². The first-order valence-electron chi connectivity index (χ1n) is 10.0. The molecule has 2 aromatic rings. The van der Waals surface area contributed by atoms with E-state index in [-0.39, 0.29) is 0 Å². The van der Waals surface area contributed by atoms with Gasteiger partial charge in [-0.1, -0.05) is 66.6 Å². The van der Waals surface area contributed by atoms with E-state index in [1.807, 2.05) is 49.5 Å². The summed E-state index contributed by atoms with van der Waals surface area (Å²) < 4.78 is 26.6. The Morgan fingerprint density at radius 2 is 1.64 bits per heavy atom. The van der Waals surface area contributed by atoms with Crippen LogP contribution in [0.25, 0.3) is 0 Å². The van der Waals surface area contributed by atoms with Crippen molar-refractivity contribution in [3.8, 4) is 0 Å². The van der Waals surface area contributed by atoms with Crippen molar-refractivity contribution >= 4 is 9.84 Å². The Kier molecular flexibility index (Phi) is 7.10. The molecule has 0 amide bonds. The Morgan fingerprint density at radius 1 is 0.893 bits per heavy atom. The molecule has 0 aromatic heterocycles. The quantitative estimate of drug-likeness (QED) is 0.629. The Labute approximate surface area is 169 Å². The van der Waals surface area contributed by atoms with Crippen molar-refractivity contribution < 1.29 is 8.42 Å². The van der Waals surface area contributed by atoms with Crippen molar-refractivity contribution in [1.29, 1.82) is 0 Å². The molecule has 0 unspecified atom stereocenters. The van der Waals surface area contributed by atoms with Crippen molar-refractivity contribution in [2.45, 2.75) is 50.5 Å². The molecular formula is C24H29NO2S. The average molecular weight is 396 g/mol. The van der Waals surface area contributed by atoms with Crippen molar-refractivity contribution in [3.05, 3.63) is 89.0 Å². The summed E-state index contributed by atoms with van der Waals surface area (Å²) in [6.45, 7) is 3.55. The van der Waals surface area contributed by atoms with Gasteiger partial charge in [-0.3, -0.25) is 0 Å². The zero-order valence-corrected chi connectivity index (χ0v) is 17.4. The zero-order valence-electron chi connectivity index (χ0n) is 16.5. The minimum absolute atomic E-state index is 0.368. The van der Waals surface area contributed by atoms with E-state index >= 15 is 0 Å². The molecule has 0 aliphatic carbocycles. The lowest BCUT2D eigenvalue weighted by Gasteiger charge is -2.22. The minimum Gasteiger partial charge on any atom is -0.372 e. The number of rotatable bonds is 4. The standard InChI is InChI=1S/C24H29NO2S/c1-21-14-16-23(17-15-21)28(26,27)24-13-9-4-2-3-5-10-18-25(20-24)19-22-11-7-6-8-12-22/h4,6-9,11-12,14-17,20H,2-3,5,10,13,18-19H2,1H3/b9-4+,24-20+. The van der Waals surface area contributed by atoms with Gasteiger partial charge in [0, 0.05) is 25.7 Å². The monoisotopic (exact) mass is 395 g/mol. The molecule has 0 bridgehead atoms. The van der Waals surface area contributed by atoms with Crippen LogP contribution in [-0.2, 0) is 16.4 Å². The van der Waals surface area contributed by atoms with Gasteiger partial charge in [0.25, 0.3) is 0 Å². The Morgan fingerprint density at radius 3 is 2.39 bits per heavy atom. The molecule has 1 aliphatic rings. The van der Waals surface area contributed by atoms with Crippen LogP contribution in [0.5, 0.6) is 0 Å². The fourth-order valence-electron chi connectivity index (χ4n) is 3.38. The van der Waals surface area contributed by atoms with Crippen LogP contribution in [0.15, 0.2) is 82.7 Å². The first-order chi connectivity index (χ1) is 13.6. The molecule has 4 heteroatoms. The topological polar surface area (TPSA) is 37.4 Å². The second-order valence-corrected chi connectivity index (χ2v) is 9.40. The molecular weight excluding hydrogens is 366 g/mol. The third-order valence-corrected chi connectivity index (χ3v) is 6.89. The molecule has 0 atom stereocenters. The molecule has 0 saturated carbocycles. The summed E-state index contributed by atoms with van der Waals surface area (Å²) in [6, 6.07) is 17.4. The molecule has 0 saturated heterocycles. The van der Waals surface area contributed by atoms with E-state index in [1.165, 1.54) is 5.56 Å². The van der Waals surface area contributed by atoms with Gasteiger partial charge in [-0.25, -0.2) is 8.42 Å². The zero-order chi connectivity index (χ0) is 19.8. The number of sulfone groups is 1. The highest BCUT2D eigenvalue weighted by atomic mass is 32.2. The highest BCUT2D eigenvalue weighted by Gasteiger charge is 2.21. The predicted molar refractivity (Wildman–Crippen MR) is 116 cm³/mol. The van der Waals surface area contributed by atoms with Gasteiger partial charge in [-0.05, 0) is 43.9 Å². The van der Waals surface area contributed by atoms with Gasteiger partial charge in [0.05, 0.1) is 9.80 Å². The van der Waals surface area contributed by atoms with Gasteiger partial charge < -0.3 is 4.90 Å². The first-order valence-corrected chi connectivity index (χ1v) is 11.5. The van der Waals surface area contributed by atoms with E-state index in [4.69, 9.17) is 0 Å². The van der Waals surface area contributed by atoms with Gasteiger partial charge >= 0.3 is 0 Å². The van der Waals surface area contributed by atoms with E-state index in [2.05, 4.69) is 23.1 Å². The normalized spacial score (nSPS) is 19.3. The molecule has 28 heavy (non-hydrogen) atoms. The van der Waals surface area contributed by atoms with Crippen LogP contribution in [0, 0.1) is 6.92 Å². The Bertz CT molecular complexity index is 913. The lowest BCUT2D eigenvalue weighted by atomic mass is 10.1. The maximum absolute atomic E-state index is 13.3. The van der Waals surface area contributed by atoms with Crippen LogP contribution in [0.4, 0.5) is 0 Å². The Hall–Kier alpha value is -2.33. The first kappa shape index (κ1) is 20.4. The fourth-order valence-corrected chi connectivity index (χ4v) is 4.78. The molecule has 0 spiro atoms. The molecule has 2 aromatic carbocycles. The van der Waals surface area contributed by atoms with Crippen LogP contribution < -0.4 is 0 Å². The second kappa shape index (κ2) is 9.74. The van der Waals surface area contributed by atoms with Gasteiger partial charge in [0.1, 0.15) is 0 Å². The van der Waals surface area contributed by atoms with Crippen molar-refractivity contribution in [3.63, 3.8) is 0 Å². The molecule has 1 aliphatic heterocycles. The average Bonchev–Trinajstić information content (AvgIpc) is 2.74. The summed E-state index contributed by atoms with van der Waals surface area (Å²) >= 11 is 0. The highest BCUT2D eigenvalue weighted by molar-refractivity contribution is 7.95.